The lowest BCUT2D eigenvalue weighted by molar-refractivity contribution is -0.121. The van der Waals surface area contributed by atoms with Crippen molar-refractivity contribution in [2.75, 3.05) is 0 Å². The number of aryl methyl sites for hydroxylation is 1. The van der Waals surface area contributed by atoms with E-state index in [2.05, 4.69) is 15.4 Å². The molecular weight excluding hydrogens is 378 g/mol. The number of nitrogens with one attached hydrogen (secondary N) is 1. The number of hydrogen-bond donors (Lipinski definition) is 1. The van der Waals surface area contributed by atoms with Crippen LogP contribution in [-0.4, -0.2) is 25.2 Å². The Kier molecular flexibility index (Phi) is 5.43. The van der Waals surface area contributed by atoms with Crippen LogP contribution in [0.25, 0.3) is 16.7 Å². The van der Waals surface area contributed by atoms with Gasteiger partial charge in [0, 0.05) is 13.0 Å². The average molecular weight is 401 g/mol. The second-order valence-corrected chi connectivity index (χ2v) is 7.19. The number of benzene rings is 2. The van der Waals surface area contributed by atoms with E-state index in [0.29, 0.717) is 16.9 Å². The molecule has 0 bridgehead atoms. The molecule has 0 aliphatic carbocycles. The highest BCUT2D eigenvalue weighted by molar-refractivity contribution is 5.77. The Bertz CT molecular complexity index is 1230. The molecule has 1 unspecified atom stereocenters. The highest BCUT2D eigenvalue weighted by atomic mass is 16.2. The Balaban J connectivity index is 1.52. The van der Waals surface area contributed by atoms with Gasteiger partial charge in [0.05, 0.1) is 17.9 Å². The van der Waals surface area contributed by atoms with Crippen molar-refractivity contribution in [1.82, 2.24) is 24.6 Å². The van der Waals surface area contributed by atoms with Gasteiger partial charge in [-0.05, 0) is 31.5 Å². The van der Waals surface area contributed by atoms with Crippen LogP contribution in [0, 0.1) is 6.92 Å². The van der Waals surface area contributed by atoms with Crippen LogP contribution in [0.15, 0.2) is 71.7 Å². The lowest BCUT2D eigenvalue weighted by Gasteiger charge is -2.15. The van der Waals surface area contributed by atoms with Crippen molar-refractivity contribution in [1.29, 1.82) is 0 Å². The van der Waals surface area contributed by atoms with E-state index in [9.17, 15) is 9.59 Å². The topological polar surface area (TPSA) is 81.8 Å². The summed E-state index contributed by atoms with van der Waals surface area (Å²) in [5.74, 6) is 0.437. The van der Waals surface area contributed by atoms with Gasteiger partial charge in [-0.2, -0.15) is 5.10 Å². The number of aromatic nitrogens is 4. The predicted octanol–water partition coefficient (Wildman–Crippen LogP) is 3.16. The molecule has 0 aliphatic rings. The molecule has 7 nitrogen and oxygen atoms in total. The number of carbonyl (C=O) groups is 1. The summed E-state index contributed by atoms with van der Waals surface area (Å²) in [6.07, 6.45) is 1.73. The SMILES string of the molecule is Cc1nc2c(cnn2-c2ccccc2)c(=O)n1CCC(=O)NC(C)c1ccccc1. The molecule has 0 aliphatic heterocycles. The van der Waals surface area contributed by atoms with Gasteiger partial charge in [-0.15, -0.1) is 0 Å². The van der Waals surface area contributed by atoms with E-state index in [-0.39, 0.29) is 30.5 Å². The molecule has 4 rings (SSSR count). The monoisotopic (exact) mass is 401 g/mol. The van der Waals surface area contributed by atoms with Crippen LogP contribution in [-0.2, 0) is 11.3 Å². The van der Waals surface area contributed by atoms with Gasteiger partial charge in [0.1, 0.15) is 11.2 Å². The first-order valence-electron chi connectivity index (χ1n) is 9.89. The zero-order chi connectivity index (χ0) is 21.1. The average Bonchev–Trinajstić information content (AvgIpc) is 3.18. The zero-order valence-electron chi connectivity index (χ0n) is 16.9. The summed E-state index contributed by atoms with van der Waals surface area (Å²) in [5, 5.41) is 7.75. The first-order valence-corrected chi connectivity index (χ1v) is 9.89. The molecule has 7 heteroatoms. The van der Waals surface area contributed by atoms with Gasteiger partial charge in [0.15, 0.2) is 5.65 Å². The smallest absolute Gasteiger partial charge is 0.264 e. The van der Waals surface area contributed by atoms with Gasteiger partial charge in [-0.3, -0.25) is 14.2 Å². The molecule has 1 amide bonds. The third kappa shape index (κ3) is 3.87. The molecule has 0 radical (unpaired) electrons. The summed E-state index contributed by atoms with van der Waals surface area (Å²) in [5.41, 5.74) is 2.20. The number of nitrogens with zero attached hydrogens (tertiary/aromatic N) is 4. The van der Waals surface area contributed by atoms with E-state index in [4.69, 9.17) is 0 Å². The lowest BCUT2D eigenvalue weighted by Crippen LogP contribution is -2.30. The van der Waals surface area contributed by atoms with Crippen LogP contribution in [0.2, 0.25) is 0 Å². The maximum absolute atomic E-state index is 13.0. The summed E-state index contributed by atoms with van der Waals surface area (Å²) in [4.78, 5) is 30.0. The maximum atomic E-state index is 13.0. The fourth-order valence-electron chi connectivity index (χ4n) is 3.48. The fourth-order valence-corrected chi connectivity index (χ4v) is 3.48. The van der Waals surface area contributed by atoms with Gasteiger partial charge < -0.3 is 5.32 Å². The van der Waals surface area contributed by atoms with Crippen molar-refractivity contribution in [2.45, 2.75) is 32.9 Å². The molecule has 1 atom stereocenters. The lowest BCUT2D eigenvalue weighted by atomic mass is 10.1. The Morgan fingerprint density at radius 2 is 1.73 bits per heavy atom. The molecule has 152 valence electrons. The largest absolute Gasteiger partial charge is 0.350 e. The second kappa shape index (κ2) is 8.32. The van der Waals surface area contributed by atoms with Gasteiger partial charge in [0.2, 0.25) is 5.91 Å². The second-order valence-electron chi connectivity index (χ2n) is 7.19. The minimum Gasteiger partial charge on any atom is -0.350 e. The van der Waals surface area contributed by atoms with Crippen molar-refractivity contribution in [3.8, 4) is 5.69 Å². The van der Waals surface area contributed by atoms with E-state index in [1.54, 1.807) is 11.6 Å². The van der Waals surface area contributed by atoms with Crippen LogP contribution in [0.3, 0.4) is 0 Å². The van der Waals surface area contributed by atoms with Gasteiger partial charge in [-0.25, -0.2) is 9.67 Å². The summed E-state index contributed by atoms with van der Waals surface area (Å²) in [7, 11) is 0. The van der Waals surface area contributed by atoms with Crippen LogP contribution < -0.4 is 10.9 Å². The molecule has 1 N–H and O–H groups in total. The van der Waals surface area contributed by atoms with Gasteiger partial charge in [0.25, 0.3) is 5.56 Å². The van der Waals surface area contributed by atoms with E-state index in [1.165, 1.54) is 10.8 Å². The molecule has 0 saturated heterocycles. The molecular formula is C23H23N5O2. The quantitative estimate of drug-likeness (QED) is 0.538. The Morgan fingerprint density at radius 3 is 2.43 bits per heavy atom. The minimum absolute atomic E-state index is 0.0961. The molecule has 0 fully saturated rings. The van der Waals surface area contributed by atoms with Crippen molar-refractivity contribution in [3.05, 3.63) is 88.6 Å². The first kappa shape index (κ1) is 19.6. The number of amides is 1. The predicted molar refractivity (Wildman–Crippen MR) is 115 cm³/mol. The summed E-state index contributed by atoms with van der Waals surface area (Å²) in [6, 6.07) is 19.2. The number of fused-ring (bicyclic) bond motifs is 1. The maximum Gasteiger partial charge on any atom is 0.264 e. The van der Waals surface area contributed by atoms with Crippen molar-refractivity contribution in [3.63, 3.8) is 0 Å². The molecule has 0 spiro atoms. The van der Waals surface area contributed by atoms with Crippen molar-refractivity contribution in [2.24, 2.45) is 0 Å². The first-order chi connectivity index (χ1) is 14.5. The summed E-state index contributed by atoms with van der Waals surface area (Å²) in [6.45, 7) is 3.97. The van der Waals surface area contributed by atoms with Crippen molar-refractivity contribution >= 4 is 16.9 Å². The van der Waals surface area contributed by atoms with E-state index < -0.39 is 0 Å². The number of para-hydroxylation sites is 1. The summed E-state index contributed by atoms with van der Waals surface area (Å²) < 4.78 is 3.19. The standard InChI is InChI=1S/C23H23N5O2/c1-16(18-9-5-3-6-10-18)25-21(29)13-14-27-17(2)26-22-20(23(27)30)15-24-28(22)19-11-7-4-8-12-19/h3-12,15-16H,13-14H2,1-2H3,(H,25,29). The van der Waals surface area contributed by atoms with E-state index in [0.717, 1.165) is 11.3 Å². The van der Waals surface area contributed by atoms with Crippen LogP contribution >= 0.6 is 0 Å². The molecule has 4 aromatic rings. The third-order valence-corrected chi connectivity index (χ3v) is 5.12. The Labute approximate surface area is 174 Å². The Morgan fingerprint density at radius 1 is 1.07 bits per heavy atom. The minimum atomic E-state index is -0.191. The molecule has 30 heavy (non-hydrogen) atoms. The number of carbonyl (C=O) groups excluding carboxylic acids is 1. The number of hydrogen-bond acceptors (Lipinski definition) is 4. The Hall–Kier alpha value is -3.74. The van der Waals surface area contributed by atoms with E-state index >= 15 is 0 Å². The van der Waals surface area contributed by atoms with Crippen molar-refractivity contribution < 1.29 is 4.79 Å². The highest BCUT2D eigenvalue weighted by Gasteiger charge is 2.15. The molecule has 2 aromatic carbocycles. The molecule has 2 aromatic heterocycles. The molecule has 2 heterocycles. The zero-order valence-corrected chi connectivity index (χ0v) is 16.9. The van der Waals surface area contributed by atoms with Crippen LogP contribution in [0.5, 0.6) is 0 Å². The fraction of sp³-hybridized carbons (Fsp3) is 0.217. The van der Waals surface area contributed by atoms with E-state index in [1.807, 2.05) is 67.6 Å². The third-order valence-electron chi connectivity index (χ3n) is 5.12. The van der Waals surface area contributed by atoms with Gasteiger partial charge >= 0.3 is 0 Å². The number of rotatable bonds is 6. The van der Waals surface area contributed by atoms with Gasteiger partial charge in [-0.1, -0.05) is 48.5 Å². The summed E-state index contributed by atoms with van der Waals surface area (Å²) >= 11 is 0. The highest BCUT2D eigenvalue weighted by Crippen LogP contribution is 2.15. The van der Waals surface area contributed by atoms with Crippen LogP contribution in [0.1, 0.15) is 30.8 Å². The van der Waals surface area contributed by atoms with Crippen LogP contribution in [0.4, 0.5) is 0 Å². The normalized spacial score (nSPS) is 12.1. The molecule has 0 saturated carbocycles.